The molecular formula is C18H15FN4O3S. The lowest BCUT2D eigenvalue weighted by molar-refractivity contribution is 0.0534. The maximum Gasteiger partial charge on any atom is 0.271 e. The van der Waals surface area contributed by atoms with Crippen molar-refractivity contribution in [2.75, 3.05) is 26.2 Å². The third-order valence-corrected chi connectivity index (χ3v) is 5.29. The van der Waals surface area contributed by atoms with Crippen LogP contribution in [0.3, 0.4) is 0 Å². The van der Waals surface area contributed by atoms with Crippen molar-refractivity contribution in [3.63, 3.8) is 0 Å². The summed E-state index contributed by atoms with van der Waals surface area (Å²) in [6, 6.07) is 5.37. The van der Waals surface area contributed by atoms with Gasteiger partial charge in [0.2, 0.25) is 0 Å². The van der Waals surface area contributed by atoms with Gasteiger partial charge in [0, 0.05) is 49.5 Å². The summed E-state index contributed by atoms with van der Waals surface area (Å²) in [6.07, 6.45) is 2.90. The second kappa shape index (κ2) is 6.92. The van der Waals surface area contributed by atoms with Crippen LogP contribution in [0, 0.1) is 5.82 Å². The Morgan fingerprint density at radius 3 is 2.30 bits per heavy atom. The van der Waals surface area contributed by atoms with Gasteiger partial charge in [-0.1, -0.05) is 0 Å². The number of aromatic nitrogens is 2. The van der Waals surface area contributed by atoms with Gasteiger partial charge < -0.3 is 9.80 Å². The molecule has 3 aromatic rings. The van der Waals surface area contributed by atoms with Gasteiger partial charge in [-0.2, -0.15) is 0 Å². The monoisotopic (exact) mass is 386 g/mol. The second-order valence-corrected chi connectivity index (χ2v) is 7.00. The standard InChI is InChI=1S/C18H15FN4O3S/c19-13-3-1-12(2-4-13)15(24)21-5-7-22(8-6-21)16(25)14-11-20-18-23(17(14)26)9-10-27-18/h1-4,9-11H,5-8H2. The Kier molecular flexibility index (Phi) is 4.44. The number of benzene rings is 1. The van der Waals surface area contributed by atoms with Crippen LogP contribution >= 0.6 is 11.3 Å². The molecule has 0 aliphatic carbocycles. The summed E-state index contributed by atoms with van der Waals surface area (Å²) >= 11 is 1.32. The van der Waals surface area contributed by atoms with Crippen molar-refractivity contribution < 1.29 is 14.0 Å². The van der Waals surface area contributed by atoms with Crippen LogP contribution in [0.5, 0.6) is 0 Å². The lowest BCUT2D eigenvalue weighted by Crippen LogP contribution is -2.51. The molecule has 0 spiro atoms. The fraction of sp³-hybridized carbons (Fsp3) is 0.222. The molecule has 138 valence electrons. The van der Waals surface area contributed by atoms with E-state index in [0.29, 0.717) is 36.7 Å². The van der Waals surface area contributed by atoms with E-state index in [1.807, 2.05) is 0 Å². The largest absolute Gasteiger partial charge is 0.335 e. The van der Waals surface area contributed by atoms with Crippen LogP contribution in [-0.2, 0) is 0 Å². The average Bonchev–Trinajstić information content (AvgIpc) is 3.18. The Balaban J connectivity index is 1.46. The van der Waals surface area contributed by atoms with E-state index in [1.165, 1.54) is 46.2 Å². The lowest BCUT2D eigenvalue weighted by Gasteiger charge is -2.34. The first-order chi connectivity index (χ1) is 13.0. The zero-order chi connectivity index (χ0) is 19.0. The van der Waals surface area contributed by atoms with E-state index in [4.69, 9.17) is 0 Å². The molecule has 1 aromatic carbocycles. The lowest BCUT2D eigenvalue weighted by atomic mass is 10.1. The summed E-state index contributed by atoms with van der Waals surface area (Å²) in [4.78, 5) is 45.5. The highest BCUT2D eigenvalue weighted by Gasteiger charge is 2.27. The fourth-order valence-electron chi connectivity index (χ4n) is 3.03. The molecule has 1 aliphatic rings. The van der Waals surface area contributed by atoms with E-state index in [2.05, 4.69) is 4.98 Å². The summed E-state index contributed by atoms with van der Waals surface area (Å²) in [7, 11) is 0. The van der Waals surface area contributed by atoms with Crippen LogP contribution in [0.1, 0.15) is 20.7 Å². The van der Waals surface area contributed by atoms with E-state index in [-0.39, 0.29) is 17.4 Å². The topological polar surface area (TPSA) is 75.0 Å². The Morgan fingerprint density at radius 2 is 1.63 bits per heavy atom. The van der Waals surface area contributed by atoms with Crippen molar-refractivity contribution >= 4 is 28.1 Å². The van der Waals surface area contributed by atoms with E-state index in [0.717, 1.165) is 0 Å². The summed E-state index contributed by atoms with van der Waals surface area (Å²) < 4.78 is 14.4. The molecule has 0 atom stereocenters. The van der Waals surface area contributed by atoms with Crippen LogP contribution in [-0.4, -0.2) is 57.2 Å². The first-order valence-corrected chi connectivity index (χ1v) is 9.21. The third kappa shape index (κ3) is 3.21. The van der Waals surface area contributed by atoms with Gasteiger partial charge >= 0.3 is 0 Å². The molecule has 0 radical (unpaired) electrons. The summed E-state index contributed by atoms with van der Waals surface area (Å²) in [5.41, 5.74) is 0.0295. The predicted octanol–water partition coefficient (Wildman–Crippen LogP) is 1.49. The minimum atomic E-state index is -0.399. The van der Waals surface area contributed by atoms with Gasteiger partial charge in [0.1, 0.15) is 11.4 Å². The molecule has 2 amide bonds. The number of carbonyl (C=O) groups excluding carboxylic acids is 2. The number of carbonyl (C=O) groups is 2. The molecule has 3 heterocycles. The number of thiazole rings is 1. The van der Waals surface area contributed by atoms with Gasteiger partial charge in [-0.3, -0.25) is 18.8 Å². The number of halogens is 1. The Labute approximate surface area is 157 Å². The first-order valence-electron chi connectivity index (χ1n) is 8.33. The van der Waals surface area contributed by atoms with Gasteiger partial charge in [0.05, 0.1) is 0 Å². The summed E-state index contributed by atoms with van der Waals surface area (Å²) in [6.45, 7) is 1.32. The Hall–Kier alpha value is -3.07. The molecule has 0 unspecified atom stereocenters. The SMILES string of the molecule is O=C(c1ccc(F)cc1)N1CCN(C(=O)c2cnc3sccn3c2=O)CC1. The minimum absolute atomic E-state index is 0.0178. The van der Waals surface area contributed by atoms with Crippen LogP contribution < -0.4 is 5.56 Å². The zero-order valence-electron chi connectivity index (χ0n) is 14.2. The third-order valence-electron chi connectivity index (χ3n) is 4.52. The van der Waals surface area contributed by atoms with Crippen molar-refractivity contribution in [2.24, 2.45) is 0 Å². The van der Waals surface area contributed by atoms with Crippen LogP contribution in [0.15, 0.2) is 46.8 Å². The number of rotatable bonds is 2. The molecule has 2 aromatic heterocycles. The van der Waals surface area contributed by atoms with Crippen molar-refractivity contribution in [3.8, 4) is 0 Å². The number of nitrogens with zero attached hydrogens (tertiary/aromatic N) is 4. The highest BCUT2D eigenvalue weighted by atomic mass is 32.1. The molecule has 1 aliphatic heterocycles. The minimum Gasteiger partial charge on any atom is -0.335 e. The van der Waals surface area contributed by atoms with Crippen molar-refractivity contribution in [3.05, 3.63) is 69.3 Å². The fourth-order valence-corrected chi connectivity index (χ4v) is 3.70. The number of amides is 2. The van der Waals surface area contributed by atoms with E-state index >= 15 is 0 Å². The van der Waals surface area contributed by atoms with Gasteiger partial charge in [-0.05, 0) is 24.3 Å². The zero-order valence-corrected chi connectivity index (χ0v) is 15.0. The van der Waals surface area contributed by atoms with Crippen LogP contribution in [0.2, 0.25) is 0 Å². The highest BCUT2D eigenvalue weighted by molar-refractivity contribution is 7.15. The van der Waals surface area contributed by atoms with E-state index < -0.39 is 11.4 Å². The van der Waals surface area contributed by atoms with Crippen molar-refractivity contribution in [1.82, 2.24) is 19.2 Å². The average molecular weight is 386 g/mol. The molecule has 0 bridgehead atoms. The summed E-state index contributed by atoms with van der Waals surface area (Å²) in [5, 5.41) is 1.73. The molecule has 0 N–H and O–H groups in total. The van der Waals surface area contributed by atoms with Crippen molar-refractivity contribution in [2.45, 2.75) is 0 Å². The molecule has 0 saturated carbocycles. The van der Waals surface area contributed by atoms with Crippen LogP contribution in [0.4, 0.5) is 4.39 Å². The molecule has 1 saturated heterocycles. The quantitative estimate of drug-likeness (QED) is 0.669. The number of hydrogen-bond donors (Lipinski definition) is 0. The number of fused-ring (bicyclic) bond motifs is 1. The second-order valence-electron chi connectivity index (χ2n) is 6.12. The van der Waals surface area contributed by atoms with Gasteiger partial charge in [0.25, 0.3) is 17.4 Å². The van der Waals surface area contributed by atoms with Crippen molar-refractivity contribution in [1.29, 1.82) is 0 Å². The van der Waals surface area contributed by atoms with Crippen LogP contribution in [0.25, 0.3) is 4.96 Å². The Morgan fingerprint density at radius 1 is 1.00 bits per heavy atom. The predicted molar refractivity (Wildman–Crippen MR) is 97.5 cm³/mol. The first kappa shape index (κ1) is 17.3. The van der Waals surface area contributed by atoms with E-state index in [9.17, 15) is 18.8 Å². The molecular weight excluding hydrogens is 371 g/mol. The maximum absolute atomic E-state index is 13.0. The molecule has 7 nitrogen and oxygen atoms in total. The maximum atomic E-state index is 13.0. The van der Waals surface area contributed by atoms with Gasteiger partial charge in [-0.15, -0.1) is 11.3 Å². The van der Waals surface area contributed by atoms with Gasteiger partial charge in [-0.25, -0.2) is 9.37 Å². The highest BCUT2D eigenvalue weighted by Crippen LogP contribution is 2.12. The number of hydrogen-bond acceptors (Lipinski definition) is 5. The molecule has 27 heavy (non-hydrogen) atoms. The molecule has 9 heteroatoms. The normalized spacial score (nSPS) is 14.6. The smallest absolute Gasteiger partial charge is 0.271 e. The summed E-state index contributed by atoms with van der Waals surface area (Å²) in [5.74, 6) is -0.991. The molecule has 1 fully saturated rings. The Bertz CT molecular complexity index is 1070. The number of piperazine rings is 1. The van der Waals surface area contributed by atoms with E-state index in [1.54, 1.807) is 21.4 Å². The van der Waals surface area contributed by atoms with Gasteiger partial charge in [0.15, 0.2) is 4.96 Å². The molecule has 4 rings (SSSR count).